The van der Waals surface area contributed by atoms with Crippen LogP contribution >= 0.6 is 11.3 Å². The number of guanidine groups is 1. The standard InChI is InChI=1S/C23H25N5OS/c1-2-24-23(25-14-8-13-21-28-19-11-6-7-12-20(19)30-21)26-15-18-16-29-22(27-18)17-9-4-3-5-10-17/h3-7,9-12,16H,2,8,13-15H2,1H3,(H2,24,25,26). The number of fused-ring (bicyclic) bond motifs is 1. The SMILES string of the molecule is CCNC(=NCc1coc(-c2ccccc2)n1)NCCCc1nc2ccccc2s1. The number of hydrogen-bond donors (Lipinski definition) is 2. The maximum Gasteiger partial charge on any atom is 0.226 e. The molecule has 2 aromatic carbocycles. The predicted molar refractivity (Wildman–Crippen MR) is 123 cm³/mol. The van der Waals surface area contributed by atoms with Crippen LogP contribution in [0.5, 0.6) is 0 Å². The van der Waals surface area contributed by atoms with Gasteiger partial charge in [-0.05, 0) is 37.6 Å². The van der Waals surface area contributed by atoms with Crippen LogP contribution in [-0.2, 0) is 13.0 Å². The molecule has 0 atom stereocenters. The summed E-state index contributed by atoms with van der Waals surface area (Å²) in [5.74, 6) is 1.40. The van der Waals surface area contributed by atoms with Crippen molar-refractivity contribution in [2.45, 2.75) is 26.3 Å². The van der Waals surface area contributed by atoms with Gasteiger partial charge in [-0.15, -0.1) is 11.3 Å². The Labute approximate surface area is 180 Å². The number of rotatable bonds is 8. The summed E-state index contributed by atoms with van der Waals surface area (Å²) in [6, 6.07) is 18.2. The molecule has 4 aromatic rings. The van der Waals surface area contributed by atoms with E-state index >= 15 is 0 Å². The van der Waals surface area contributed by atoms with Crippen molar-refractivity contribution in [2.75, 3.05) is 13.1 Å². The Kier molecular flexibility index (Phi) is 6.72. The molecule has 0 saturated carbocycles. The van der Waals surface area contributed by atoms with Crippen molar-refractivity contribution in [1.82, 2.24) is 20.6 Å². The van der Waals surface area contributed by atoms with E-state index in [0.717, 1.165) is 48.7 Å². The van der Waals surface area contributed by atoms with Gasteiger partial charge in [0.2, 0.25) is 5.89 Å². The van der Waals surface area contributed by atoms with E-state index < -0.39 is 0 Å². The topological polar surface area (TPSA) is 75.3 Å². The summed E-state index contributed by atoms with van der Waals surface area (Å²) in [6.45, 7) is 4.15. The van der Waals surface area contributed by atoms with Crippen LogP contribution < -0.4 is 10.6 Å². The minimum absolute atomic E-state index is 0.462. The zero-order valence-electron chi connectivity index (χ0n) is 17.0. The third kappa shape index (κ3) is 5.24. The molecule has 0 saturated heterocycles. The largest absolute Gasteiger partial charge is 0.444 e. The van der Waals surface area contributed by atoms with Crippen molar-refractivity contribution in [2.24, 2.45) is 4.99 Å². The van der Waals surface area contributed by atoms with E-state index in [0.29, 0.717) is 12.4 Å². The highest BCUT2D eigenvalue weighted by Crippen LogP contribution is 2.22. The quantitative estimate of drug-likeness (QED) is 0.247. The summed E-state index contributed by atoms with van der Waals surface area (Å²) in [4.78, 5) is 13.9. The summed E-state index contributed by atoms with van der Waals surface area (Å²) in [5, 5.41) is 7.85. The first-order valence-corrected chi connectivity index (χ1v) is 11.0. The molecule has 154 valence electrons. The van der Waals surface area contributed by atoms with E-state index in [9.17, 15) is 0 Å². The monoisotopic (exact) mass is 419 g/mol. The molecule has 4 rings (SSSR count). The average Bonchev–Trinajstić information content (AvgIpc) is 3.42. The molecule has 2 heterocycles. The van der Waals surface area contributed by atoms with E-state index in [-0.39, 0.29) is 0 Å². The molecule has 0 radical (unpaired) electrons. The number of aromatic nitrogens is 2. The van der Waals surface area contributed by atoms with Crippen LogP contribution in [0, 0.1) is 0 Å². The molecule has 0 aliphatic carbocycles. The second-order valence-electron chi connectivity index (χ2n) is 6.81. The third-order valence-electron chi connectivity index (χ3n) is 4.51. The molecular formula is C23H25N5OS. The predicted octanol–water partition coefficient (Wildman–Crippen LogP) is 4.64. The van der Waals surface area contributed by atoms with Gasteiger partial charge in [0.25, 0.3) is 0 Å². The number of para-hydroxylation sites is 1. The lowest BCUT2D eigenvalue weighted by molar-refractivity contribution is 0.572. The first-order chi connectivity index (χ1) is 14.8. The van der Waals surface area contributed by atoms with Crippen molar-refractivity contribution in [3.63, 3.8) is 0 Å². The van der Waals surface area contributed by atoms with Gasteiger partial charge in [-0.2, -0.15) is 0 Å². The van der Waals surface area contributed by atoms with Gasteiger partial charge >= 0.3 is 0 Å². The molecule has 30 heavy (non-hydrogen) atoms. The molecule has 0 unspecified atom stereocenters. The lowest BCUT2D eigenvalue weighted by Gasteiger charge is -2.10. The Morgan fingerprint density at radius 3 is 2.70 bits per heavy atom. The number of nitrogens with zero attached hydrogens (tertiary/aromatic N) is 3. The van der Waals surface area contributed by atoms with E-state index in [2.05, 4.69) is 45.7 Å². The van der Waals surface area contributed by atoms with Crippen molar-refractivity contribution in [1.29, 1.82) is 0 Å². The first kappa shape index (κ1) is 20.1. The molecule has 2 N–H and O–H groups in total. The summed E-state index contributed by atoms with van der Waals surface area (Å²) >= 11 is 1.77. The van der Waals surface area contributed by atoms with E-state index in [4.69, 9.17) is 9.40 Å². The molecular weight excluding hydrogens is 394 g/mol. The van der Waals surface area contributed by atoms with Gasteiger partial charge in [0.15, 0.2) is 5.96 Å². The second kappa shape index (κ2) is 10.0. The fourth-order valence-corrected chi connectivity index (χ4v) is 4.08. The zero-order valence-corrected chi connectivity index (χ0v) is 17.8. The van der Waals surface area contributed by atoms with Crippen LogP contribution in [0.2, 0.25) is 0 Å². The Bertz CT molecular complexity index is 1070. The number of aryl methyl sites for hydroxylation is 1. The fourth-order valence-electron chi connectivity index (χ4n) is 3.07. The maximum absolute atomic E-state index is 5.59. The number of thiazole rings is 1. The smallest absolute Gasteiger partial charge is 0.226 e. The van der Waals surface area contributed by atoms with Gasteiger partial charge < -0.3 is 15.1 Å². The molecule has 2 aromatic heterocycles. The van der Waals surface area contributed by atoms with E-state index in [1.54, 1.807) is 17.6 Å². The molecule has 7 heteroatoms. The number of hydrogen-bond acceptors (Lipinski definition) is 5. The number of oxazole rings is 1. The minimum Gasteiger partial charge on any atom is -0.444 e. The summed E-state index contributed by atoms with van der Waals surface area (Å²) < 4.78 is 6.84. The molecule has 0 bridgehead atoms. The maximum atomic E-state index is 5.59. The Morgan fingerprint density at radius 2 is 1.87 bits per heavy atom. The second-order valence-corrected chi connectivity index (χ2v) is 7.93. The highest BCUT2D eigenvalue weighted by atomic mass is 32.1. The lowest BCUT2D eigenvalue weighted by atomic mass is 10.2. The summed E-state index contributed by atoms with van der Waals surface area (Å²) in [5.41, 5.74) is 2.86. The average molecular weight is 420 g/mol. The number of nitrogens with one attached hydrogen (secondary N) is 2. The number of benzene rings is 2. The normalized spacial score (nSPS) is 11.7. The van der Waals surface area contributed by atoms with Crippen LogP contribution in [0.4, 0.5) is 0 Å². The molecule has 6 nitrogen and oxygen atoms in total. The van der Waals surface area contributed by atoms with Crippen LogP contribution in [0.1, 0.15) is 24.0 Å². The van der Waals surface area contributed by atoms with Crippen molar-refractivity contribution >= 4 is 27.5 Å². The zero-order chi connectivity index (χ0) is 20.6. The van der Waals surface area contributed by atoms with Crippen LogP contribution in [0.3, 0.4) is 0 Å². The molecule has 0 amide bonds. The van der Waals surface area contributed by atoms with Crippen LogP contribution in [0.15, 0.2) is 70.3 Å². The van der Waals surface area contributed by atoms with Crippen molar-refractivity contribution < 1.29 is 4.42 Å². The van der Waals surface area contributed by atoms with Crippen LogP contribution in [0.25, 0.3) is 21.7 Å². The Hall–Kier alpha value is -3.19. The fraction of sp³-hybridized carbons (Fsp3) is 0.261. The van der Waals surface area contributed by atoms with Gasteiger partial charge in [0.1, 0.15) is 12.0 Å². The molecule has 0 fully saturated rings. The van der Waals surface area contributed by atoms with Gasteiger partial charge in [-0.3, -0.25) is 0 Å². The van der Waals surface area contributed by atoms with Crippen molar-refractivity contribution in [3.8, 4) is 11.5 Å². The van der Waals surface area contributed by atoms with E-state index in [1.807, 2.05) is 36.4 Å². The van der Waals surface area contributed by atoms with Gasteiger partial charge in [0.05, 0.1) is 21.8 Å². The highest BCUT2D eigenvalue weighted by molar-refractivity contribution is 7.18. The Morgan fingerprint density at radius 1 is 1.03 bits per heavy atom. The summed E-state index contributed by atoms with van der Waals surface area (Å²) in [7, 11) is 0. The first-order valence-electron chi connectivity index (χ1n) is 10.2. The molecule has 0 aliphatic rings. The van der Waals surface area contributed by atoms with Gasteiger partial charge in [-0.1, -0.05) is 30.3 Å². The lowest BCUT2D eigenvalue weighted by Crippen LogP contribution is -2.37. The molecule has 0 aliphatic heterocycles. The summed E-state index contributed by atoms with van der Waals surface area (Å²) in [6.07, 6.45) is 3.62. The van der Waals surface area contributed by atoms with Gasteiger partial charge in [-0.25, -0.2) is 15.0 Å². The third-order valence-corrected chi connectivity index (χ3v) is 5.61. The Balaban J connectivity index is 1.29. The van der Waals surface area contributed by atoms with Crippen molar-refractivity contribution in [3.05, 3.63) is 71.6 Å². The minimum atomic E-state index is 0.462. The van der Waals surface area contributed by atoms with E-state index in [1.165, 1.54) is 9.71 Å². The van der Waals surface area contributed by atoms with Crippen LogP contribution in [-0.4, -0.2) is 29.0 Å². The number of aliphatic imine (C=N–C) groups is 1. The highest BCUT2D eigenvalue weighted by Gasteiger charge is 2.07. The molecule has 0 spiro atoms. The van der Waals surface area contributed by atoms with Gasteiger partial charge in [0, 0.05) is 25.1 Å².